The molecule has 0 saturated carbocycles. The van der Waals surface area contributed by atoms with Gasteiger partial charge in [0, 0.05) is 29.9 Å². The summed E-state index contributed by atoms with van der Waals surface area (Å²) < 4.78 is 1.75. The normalized spacial score (nSPS) is 13.1. The first kappa shape index (κ1) is 9.36. The summed E-state index contributed by atoms with van der Waals surface area (Å²) in [5, 5.41) is 5.02. The molecule has 0 spiro atoms. The van der Waals surface area contributed by atoms with Crippen LogP contribution in [0.2, 0.25) is 0 Å². The highest BCUT2D eigenvalue weighted by atomic mass is 32.1. The number of rotatable bonds is 2. The largest absolute Gasteiger partial charge is 0.318 e. The summed E-state index contributed by atoms with van der Waals surface area (Å²) in [7, 11) is 1.88. The maximum atomic E-state index is 6.04. The lowest BCUT2D eigenvalue weighted by Crippen LogP contribution is -2.10. The Labute approximate surface area is 86.4 Å². The second-order valence-corrected chi connectivity index (χ2v) is 4.50. The molecular weight excluding hydrogens is 196 g/mol. The van der Waals surface area contributed by atoms with E-state index in [4.69, 9.17) is 5.73 Å². The van der Waals surface area contributed by atoms with E-state index in [1.165, 1.54) is 4.88 Å². The molecule has 2 aromatic heterocycles. The van der Waals surface area contributed by atoms with Crippen LogP contribution >= 0.6 is 11.3 Å². The van der Waals surface area contributed by atoms with Crippen molar-refractivity contribution in [3.63, 3.8) is 0 Å². The zero-order valence-corrected chi connectivity index (χ0v) is 8.95. The van der Waals surface area contributed by atoms with E-state index < -0.39 is 0 Å². The maximum absolute atomic E-state index is 6.04. The minimum atomic E-state index is -0.151. The first-order valence-electron chi connectivity index (χ1n) is 4.33. The van der Waals surface area contributed by atoms with E-state index in [1.54, 1.807) is 22.2 Å². The third-order valence-electron chi connectivity index (χ3n) is 1.99. The van der Waals surface area contributed by atoms with Gasteiger partial charge < -0.3 is 5.73 Å². The van der Waals surface area contributed by atoms with Crippen LogP contribution in [0.1, 0.15) is 21.5 Å². The van der Waals surface area contributed by atoms with Gasteiger partial charge in [0.15, 0.2) is 0 Å². The van der Waals surface area contributed by atoms with Gasteiger partial charge in [0.25, 0.3) is 0 Å². The Morgan fingerprint density at radius 3 is 2.79 bits per heavy atom. The fourth-order valence-corrected chi connectivity index (χ4v) is 2.06. The van der Waals surface area contributed by atoms with Crippen LogP contribution < -0.4 is 5.73 Å². The fraction of sp³-hybridized carbons (Fsp3) is 0.333. The van der Waals surface area contributed by atoms with E-state index in [2.05, 4.69) is 10.1 Å². The molecule has 0 aliphatic rings. The Bertz CT molecular complexity index is 391. The van der Waals surface area contributed by atoms with Gasteiger partial charge in [-0.05, 0) is 6.92 Å². The number of thiazole rings is 1. The summed E-state index contributed by atoms with van der Waals surface area (Å²) in [6, 6.07) is -0.151. The molecular formula is C9H12N4S. The van der Waals surface area contributed by atoms with Crippen molar-refractivity contribution in [2.45, 2.75) is 13.0 Å². The summed E-state index contributed by atoms with van der Waals surface area (Å²) in [5.41, 5.74) is 7.04. The van der Waals surface area contributed by atoms with E-state index in [1.807, 2.05) is 26.4 Å². The predicted molar refractivity (Wildman–Crippen MR) is 56.1 cm³/mol. The molecule has 0 fully saturated rings. The van der Waals surface area contributed by atoms with E-state index in [0.717, 1.165) is 10.6 Å². The zero-order chi connectivity index (χ0) is 10.1. The third kappa shape index (κ3) is 1.69. The van der Waals surface area contributed by atoms with Gasteiger partial charge in [-0.1, -0.05) is 0 Å². The van der Waals surface area contributed by atoms with E-state index in [-0.39, 0.29) is 6.04 Å². The Morgan fingerprint density at radius 1 is 1.50 bits per heavy atom. The number of hydrogen-bond acceptors (Lipinski definition) is 4. The van der Waals surface area contributed by atoms with Gasteiger partial charge in [-0.3, -0.25) is 4.68 Å². The number of aromatic nitrogens is 3. The van der Waals surface area contributed by atoms with Gasteiger partial charge in [0.2, 0.25) is 0 Å². The molecule has 0 aliphatic carbocycles. The maximum Gasteiger partial charge on any atom is 0.114 e. The highest BCUT2D eigenvalue weighted by Gasteiger charge is 2.13. The van der Waals surface area contributed by atoms with Crippen LogP contribution in [0.3, 0.4) is 0 Å². The number of hydrogen-bond donors (Lipinski definition) is 1. The fourth-order valence-electron chi connectivity index (χ4n) is 1.26. The summed E-state index contributed by atoms with van der Waals surface area (Å²) in [6.45, 7) is 2.02. The Balaban J connectivity index is 2.28. The lowest BCUT2D eigenvalue weighted by molar-refractivity contribution is 0.764. The molecule has 0 bridgehead atoms. The standard InChI is InChI=1S/C9H12N4S/c1-6-3-11-9(14-6)8(10)7-4-12-13(2)5-7/h3-5,8H,10H2,1-2H3. The van der Waals surface area contributed by atoms with Crippen molar-refractivity contribution in [1.29, 1.82) is 0 Å². The van der Waals surface area contributed by atoms with E-state index in [0.29, 0.717) is 0 Å². The summed E-state index contributed by atoms with van der Waals surface area (Å²) in [6.07, 6.45) is 5.54. The van der Waals surface area contributed by atoms with Crippen LogP contribution in [0.4, 0.5) is 0 Å². The minimum absolute atomic E-state index is 0.151. The molecule has 14 heavy (non-hydrogen) atoms. The molecule has 0 radical (unpaired) electrons. The molecule has 74 valence electrons. The van der Waals surface area contributed by atoms with Gasteiger partial charge in [0.05, 0.1) is 12.2 Å². The monoisotopic (exact) mass is 208 g/mol. The highest BCUT2D eigenvalue weighted by Crippen LogP contribution is 2.22. The van der Waals surface area contributed by atoms with Crippen molar-refractivity contribution in [3.05, 3.63) is 34.0 Å². The number of nitrogens with two attached hydrogens (primary N) is 1. The van der Waals surface area contributed by atoms with Gasteiger partial charge >= 0.3 is 0 Å². The average molecular weight is 208 g/mol. The van der Waals surface area contributed by atoms with Crippen molar-refractivity contribution < 1.29 is 0 Å². The van der Waals surface area contributed by atoms with Gasteiger partial charge in [0.1, 0.15) is 5.01 Å². The lowest BCUT2D eigenvalue weighted by Gasteiger charge is -2.03. The average Bonchev–Trinajstić information content (AvgIpc) is 2.73. The van der Waals surface area contributed by atoms with Crippen LogP contribution in [0.25, 0.3) is 0 Å². The van der Waals surface area contributed by atoms with E-state index >= 15 is 0 Å². The zero-order valence-electron chi connectivity index (χ0n) is 8.14. The summed E-state index contributed by atoms with van der Waals surface area (Å²) >= 11 is 1.63. The SMILES string of the molecule is Cc1cnc(C(N)c2cnn(C)c2)s1. The molecule has 2 aromatic rings. The molecule has 1 unspecified atom stereocenters. The Kier molecular flexibility index (Phi) is 2.35. The number of aryl methyl sites for hydroxylation is 2. The molecule has 0 saturated heterocycles. The second-order valence-electron chi connectivity index (χ2n) is 3.23. The molecule has 2 N–H and O–H groups in total. The van der Waals surface area contributed by atoms with Gasteiger partial charge in [-0.15, -0.1) is 11.3 Å². The van der Waals surface area contributed by atoms with Gasteiger partial charge in [-0.2, -0.15) is 5.10 Å². The number of nitrogens with zero attached hydrogens (tertiary/aromatic N) is 3. The van der Waals surface area contributed by atoms with Crippen molar-refractivity contribution in [1.82, 2.24) is 14.8 Å². The van der Waals surface area contributed by atoms with Crippen LogP contribution in [-0.2, 0) is 7.05 Å². The van der Waals surface area contributed by atoms with Crippen molar-refractivity contribution in [3.8, 4) is 0 Å². The topological polar surface area (TPSA) is 56.7 Å². The smallest absolute Gasteiger partial charge is 0.114 e. The van der Waals surface area contributed by atoms with Crippen LogP contribution in [-0.4, -0.2) is 14.8 Å². The van der Waals surface area contributed by atoms with Crippen molar-refractivity contribution >= 4 is 11.3 Å². The molecule has 2 heterocycles. The summed E-state index contributed by atoms with van der Waals surface area (Å²) in [5.74, 6) is 0. The van der Waals surface area contributed by atoms with Crippen molar-refractivity contribution in [2.24, 2.45) is 12.8 Å². The first-order chi connectivity index (χ1) is 6.66. The van der Waals surface area contributed by atoms with Crippen LogP contribution in [0, 0.1) is 6.92 Å². The quantitative estimate of drug-likeness (QED) is 0.807. The lowest BCUT2D eigenvalue weighted by atomic mass is 10.2. The second kappa shape index (κ2) is 3.51. The van der Waals surface area contributed by atoms with Crippen LogP contribution in [0.15, 0.2) is 18.6 Å². The van der Waals surface area contributed by atoms with E-state index in [9.17, 15) is 0 Å². The molecule has 1 atom stereocenters. The minimum Gasteiger partial charge on any atom is -0.318 e. The molecule has 0 amide bonds. The first-order valence-corrected chi connectivity index (χ1v) is 5.15. The highest BCUT2D eigenvalue weighted by molar-refractivity contribution is 7.11. The molecule has 4 nitrogen and oxygen atoms in total. The van der Waals surface area contributed by atoms with Crippen LogP contribution in [0.5, 0.6) is 0 Å². The molecule has 0 aliphatic heterocycles. The Morgan fingerprint density at radius 2 is 2.29 bits per heavy atom. The molecule has 0 aromatic carbocycles. The molecule has 2 rings (SSSR count). The Hall–Kier alpha value is -1.20. The molecule has 5 heteroatoms. The van der Waals surface area contributed by atoms with Gasteiger partial charge in [-0.25, -0.2) is 4.98 Å². The van der Waals surface area contributed by atoms with Crippen molar-refractivity contribution in [2.75, 3.05) is 0 Å². The predicted octanol–water partition coefficient (Wildman–Crippen LogP) is 1.23. The third-order valence-corrected chi connectivity index (χ3v) is 2.99. The summed E-state index contributed by atoms with van der Waals surface area (Å²) in [4.78, 5) is 5.44.